The molecule has 24 heavy (non-hydrogen) atoms. The number of aromatic nitrogens is 2. The van der Waals surface area contributed by atoms with Crippen LogP contribution in [0.2, 0.25) is 5.02 Å². The molecule has 2 aromatic carbocycles. The first-order chi connectivity index (χ1) is 11.7. The van der Waals surface area contributed by atoms with Crippen molar-refractivity contribution in [3.8, 4) is 22.4 Å². The van der Waals surface area contributed by atoms with Crippen LogP contribution in [0.4, 0.5) is 4.39 Å². The first kappa shape index (κ1) is 14.8. The smallest absolute Gasteiger partial charge is 0.141 e. The molecule has 4 rings (SSSR count). The highest BCUT2D eigenvalue weighted by Gasteiger charge is 2.06. The number of hydrogen-bond donors (Lipinski definition) is 0. The van der Waals surface area contributed by atoms with Crippen LogP contribution in [-0.2, 0) is 0 Å². The van der Waals surface area contributed by atoms with Crippen LogP contribution in [0, 0.1) is 5.82 Å². The Hall–Kier alpha value is -2.78. The van der Waals surface area contributed by atoms with E-state index >= 15 is 0 Å². The van der Waals surface area contributed by atoms with Crippen LogP contribution < -0.4 is 0 Å². The van der Waals surface area contributed by atoms with Crippen molar-refractivity contribution in [3.63, 3.8) is 0 Å². The van der Waals surface area contributed by atoms with Crippen molar-refractivity contribution in [3.05, 3.63) is 83.9 Å². The van der Waals surface area contributed by atoms with Gasteiger partial charge >= 0.3 is 0 Å². The molecule has 0 fully saturated rings. The zero-order chi connectivity index (χ0) is 16.5. The van der Waals surface area contributed by atoms with Crippen LogP contribution in [-0.4, -0.2) is 9.97 Å². The molecular weight excluding hydrogens is 323 g/mol. The van der Waals surface area contributed by atoms with Gasteiger partial charge in [0.15, 0.2) is 0 Å². The average Bonchev–Trinajstić information content (AvgIpc) is 2.64. The lowest BCUT2D eigenvalue weighted by Gasteiger charge is -2.06. The van der Waals surface area contributed by atoms with Gasteiger partial charge in [-0.1, -0.05) is 35.9 Å². The van der Waals surface area contributed by atoms with E-state index in [2.05, 4.69) is 16.0 Å². The van der Waals surface area contributed by atoms with Gasteiger partial charge in [0.05, 0.1) is 16.2 Å². The maximum absolute atomic E-state index is 13.3. The molecule has 0 aliphatic rings. The van der Waals surface area contributed by atoms with Crippen LogP contribution in [0.25, 0.3) is 33.3 Å². The van der Waals surface area contributed by atoms with Crippen LogP contribution in [0.3, 0.4) is 0 Å². The second kappa shape index (κ2) is 6.02. The van der Waals surface area contributed by atoms with E-state index in [9.17, 15) is 4.39 Å². The van der Waals surface area contributed by atoms with E-state index in [1.807, 2.05) is 42.6 Å². The zero-order valence-electron chi connectivity index (χ0n) is 12.6. The van der Waals surface area contributed by atoms with Crippen molar-refractivity contribution >= 4 is 22.5 Å². The highest BCUT2D eigenvalue weighted by atomic mass is 35.5. The topological polar surface area (TPSA) is 25.8 Å². The number of benzene rings is 2. The minimum atomic E-state index is -0.431. The van der Waals surface area contributed by atoms with Crippen molar-refractivity contribution in [1.82, 2.24) is 9.97 Å². The number of halogens is 2. The molecule has 0 aliphatic heterocycles. The van der Waals surface area contributed by atoms with Gasteiger partial charge < -0.3 is 0 Å². The molecule has 0 aliphatic carbocycles. The van der Waals surface area contributed by atoms with E-state index < -0.39 is 5.82 Å². The van der Waals surface area contributed by atoms with Gasteiger partial charge in [-0.2, -0.15) is 0 Å². The Kier molecular flexibility index (Phi) is 3.71. The molecule has 2 heterocycles. The molecule has 0 unspecified atom stereocenters. The van der Waals surface area contributed by atoms with Crippen molar-refractivity contribution in [2.75, 3.05) is 0 Å². The fourth-order valence-corrected chi connectivity index (χ4v) is 2.80. The van der Waals surface area contributed by atoms with Gasteiger partial charge in [-0.05, 0) is 36.4 Å². The van der Waals surface area contributed by atoms with Gasteiger partial charge in [-0.15, -0.1) is 0 Å². The lowest BCUT2D eigenvalue weighted by Crippen LogP contribution is -1.87. The summed E-state index contributed by atoms with van der Waals surface area (Å²) >= 11 is 5.84. The molecule has 0 radical (unpaired) electrons. The highest BCUT2D eigenvalue weighted by molar-refractivity contribution is 6.31. The number of rotatable bonds is 2. The molecular formula is C20H12ClFN2. The molecule has 116 valence electrons. The predicted octanol–water partition coefficient (Wildman–Crippen LogP) is 5.76. The maximum atomic E-state index is 13.3. The van der Waals surface area contributed by atoms with Gasteiger partial charge in [0, 0.05) is 34.5 Å². The van der Waals surface area contributed by atoms with Gasteiger partial charge in [0.1, 0.15) is 5.82 Å². The molecule has 4 heteroatoms. The van der Waals surface area contributed by atoms with Crippen LogP contribution >= 0.6 is 11.6 Å². The van der Waals surface area contributed by atoms with Crippen LogP contribution in [0.1, 0.15) is 0 Å². The highest BCUT2D eigenvalue weighted by Crippen LogP contribution is 2.26. The predicted molar refractivity (Wildman–Crippen MR) is 95.4 cm³/mol. The summed E-state index contributed by atoms with van der Waals surface area (Å²) in [6.07, 6.45) is 3.63. The largest absolute Gasteiger partial charge is 0.256 e. The molecule has 0 spiro atoms. The van der Waals surface area contributed by atoms with E-state index in [1.165, 1.54) is 6.07 Å². The molecule has 0 amide bonds. The third-order valence-electron chi connectivity index (χ3n) is 3.90. The maximum Gasteiger partial charge on any atom is 0.141 e. The quantitative estimate of drug-likeness (QED) is 0.466. The lowest BCUT2D eigenvalue weighted by molar-refractivity contribution is 0.628. The van der Waals surface area contributed by atoms with Crippen LogP contribution in [0.15, 0.2) is 73.1 Å². The Morgan fingerprint density at radius 1 is 0.750 bits per heavy atom. The molecule has 0 saturated carbocycles. The fourth-order valence-electron chi connectivity index (χ4n) is 2.62. The van der Waals surface area contributed by atoms with Gasteiger partial charge in [-0.3, -0.25) is 9.97 Å². The first-order valence-electron chi connectivity index (χ1n) is 7.47. The van der Waals surface area contributed by atoms with E-state index in [0.717, 1.165) is 33.3 Å². The minimum Gasteiger partial charge on any atom is -0.256 e. The zero-order valence-corrected chi connectivity index (χ0v) is 13.3. The van der Waals surface area contributed by atoms with Gasteiger partial charge in [0.25, 0.3) is 0 Å². The molecule has 0 bridgehead atoms. The lowest BCUT2D eigenvalue weighted by atomic mass is 10.1. The van der Waals surface area contributed by atoms with Crippen molar-refractivity contribution < 1.29 is 4.39 Å². The third-order valence-corrected chi connectivity index (χ3v) is 4.19. The SMILES string of the molecule is Fc1ccc(-c2ccc(-c3cnc4ccccc4c3)cn2)cc1Cl. The van der Waals surface area contributed by atoms with E-state index in [0.29, 0.717) is 0 Å². The second-order valence-corrected chi connectivity index (χ2v) is 5.88. The minimum absolute atomic E-state index is 0.0945. The first-order valence-corrected chi connectivity index (χ1v) is 7.85. The normalized spacial score (nSPS) is 10.9. The number of fused-ring (bicyclic) bond motifs is 1. The Balaban J connectivity index is 1.70. The molecule has 4 aromatic rings. The summed E-state index contributed by atoms with van der Waals surface area (Å²) in [6.45, 7) is 0. The molecule has 0 N–H and O–H groups in total. The summed E-state index contributed by atoms with van der Waals surface area (Å²) in [5.74, 6) is -0.431. The van der Waals surface area contributed by atoms with Gasteiger partial charge in [-0.25, -0.2) is 4.39 Å². The standard InChI is InChI=1S/C20H12ClFN2/c21-17-10-14(5-7-18(17)22)20-8-6-15(11-23-20)16-9-13-3-1-2-4-19(13)24-12-16/h1-12H. The number of pyridine rings is 2. The van der Waals surface area contributed by atoms with E-state index in [4.69, 9.17) is 11.6 Å². The Labute approximate surface area is 143 Å². The summed E-state index contributed by atoms with van der Waals surface area (Å²) in [4.78, 5) is 8.94. The molecule has 0 saturated heterocycles. The molecule has 0 atom stereocenters. The van der Waals surface area contributed by atoms with E-state index in [-0.39, 0.29) is 5.02 Å². The van der Waals surface area contributed by atoms with E-state index in [1.54, 1.807) is 18.3 Å². The summed E-state index contributed by atoms with van der Waals surface area (Å²) in [5, 5.41) is 1.18. The van der Waals surface area contributed by atoms with Crippen molar-refractivity contribution in [2.24, 2.45) is 0 Å². The van der Waals surface area contributed by atoms with Gasteiger partial charge in [0.2, 0.25) is 0 Å². The van der Waals surface area contributed by atoms with Crippen LogP contribution in [0.5, 0.6) is 0 Å². The Bertz CT molecular complexity index is 1030. The summed E-state index contributed by atoms with van der Waals surface area (Å²) in [5.41, 5.74) is 4.47. The number of para-hydroxylation sites is 1. The molecule has 2 nitrogen and oxygen atoms in total. The average molecular weight is 335 g/mol. The fraction of sp³-hybridized carbons (Fsp3) is 0. The monoisotopic (exact) mass is 334 g/mol. The summed E-state index contributed by atoms with van der Waals surface area (Å²) in [6, 6.07) is 18.5. The second-order valence-electron chi connectivity index (χ2n) is 5.48. The summed E-state index contributed by atoms with van der Waals surface area (Å²) < 4.78 is 13.3. The Morgan fingerprint density at radius 3 is 2.33 bits per heavy atom. The summed E-state index contributed by atoms with van der Waals surface area (Å²) in [7, 11) is 0. The van der Waals surface area contributed by atoms with Crippen molar-refractivity contribution in [2.45, 2.75) is 0 Å². The molecule has 2 aromatic heterocycles. The number of nitrogens with zero attached hydrogens (tertiary/aromatic N) is 2. The Morgan fingerprint density at radius 2 is 1.54 bits per heavy atom. The van der Waals surface area contributed by atoms with Crippen molar-refractivity contribution in [1.29, 1.82) is 0 Å². The third kappa shape index (κ3) is 2.74. The number of hydrogen-bond acceptors (Lipinski definition) is 2.